The first-order chi connectivity index (χ1) is 11.2. The van der Waals surface area contributed by atoms with Gasteiger partial charge in [-0.05, 0) is 24.0 Å². The van der Waals surface area contributed by atoms with Gasteiger partial charge in [-0.2, -0.15) is 5.10 Å². The van der Waals surface area contributed by atoms with Crippen LogP contribution in [0.2, 0.25) is 0 Å². The summed E-state index contributed by atoms with van der Waals surface area (Å²) in [4.78, 5) is 23.9. The smallest absolute Gasteiger partial charge is 0.315 e. The van der Waals surface area contributed by atoms with Crippen molar-refractivity contribution in [2.24, 2.45) is 0 Å². The highest BCUT2D eigenvalue weighted by Crippen LogP contribution is 2.09. The summed E-state index contributed by atoms with van der Waals surface area (Å²) < 4.78 is 0. The Bertz CT molecular complexity index is 710. The van der Waals surface area contributed by atoms with Gasteiger partial charge in [0.15, 0.2) is 0 Å². The van der Waals surface area contributed by atoms with Gasteiger partial charge in [0, 0.05) is 12.1 Å². The minimum atomic E-state index is -0.301. The number of hydrogen-bond acceptors (Lipinski definition) is 3. The lowest BCUT2D eigenvalue weighted by molar-refractivity contribution is 0.240. The lowest BCUT2D eigenvalue weighted by atomic mass is 10.0. The van der Waals surface area contributed by atoms with E-state index in [-0.39, 0.29) is 18.1 Å². The Hall–Kier alpha value is -2.63. The summed E-state index contributed by atoms with van der Waals surface area (Å²) >= 11 is 0. The van der Waals surface area contributed by atoms with E-state index < -0.39 is 0 Å². The largest absolute Gasteiger partial charge is 0.334 e. The minimum Gasteiger partial charge on any atom is -0.334 e. The van der Waals surface area contributed by atoms with Gasteiger partial charge in [0.25, 0.3) is 5.56 Å². The lowest BCUT2D eigenvalue weighted by Gasteiger charge is -2.12. The summed E-state index contributed by atoms with van der Waals surface area (Å²) in [5.41, 5.74) is 3.14. The van der Waals surface area contributed by atoms with Crippen molar-refractivity contribution in [1.29, 1.82) is 0 Å². The number of aromatic nitrogens is 2. The number of hydrogen-bond donors (Lipinski definition) is 3. The van der Waals surface area contributed by atoms with E-state index in [1.54, 1.807) is 0 Å². The molecule has 122 valence electrons. The van der Waals surface area contributed by atoms with Crippen LogP contribution >= 0.6 is 0 Å². The number of amides is 2. The third kappa shape index (κ3) is 4.42. The lowest BCUT2D eigenvalue weighted by Crippen LogP contribution is -2.36. The van der Waals surface area contributed by atoms with E-state index in [9.17, 15) is 9.59 Å². The third-order valence-electron chi connectivity index (χ3n) is 3.69. The van der Waals surface area contributed by atoms with Crippen LogP contribution in [0.4, 0.5) is 4.79 Å². The average molecular weight is 314 g/mol. The molecule has 0 radical (unpaired) electrons. The summed E-state index contributed by atoms with van der Waals surface area (Å²) in [7, 11) is 0. The van der Waals surface area contributed by atoms with E-state index in [0.29, 0.717) is 18.5 Å². The molecule has 0 aliphatic heterocycles. The Kier molecular flexibility index (Phi) is 5.91. The van der Waals surface area contributed by atoms with Crippen molar-refractivity contribution in [3.63, 3.8) is 0 Å². The number of nitrogens with zero attached hydrogens (tertiary/aromatic N) is 1. The summed E-state index contributed by atoms with van der Waals surface area (Å²) in [6.07, 6.45) is 1.45. The number of rotatable bonds is 6. The van der Waals surface area contributed by atoms with Gasteiger partial charge in [0.05, 0.1) is 12.2 Å². The van der Waals surface area contributed by atoms with Gasteiger partial charge >= 0.3 is 6.03 Å². The maximum atomic E-state index is 12.0. The monoisotopic (exact) mass is 314 g/mol. The fourth-order valence-electron chi connectivity index (χ4n) is 2.47. The number of urea groups is 1. The zero-order valence-corrected chi connectivity index (χ0v) is 13.5. The highest BCUT2D eigenvalue weighted by molar-refractivity contribution is 5.73. The maximum absolute atomic E-state index is 12.0. The molecule has 3 N–H and O–H groups in total. The summed E-state index contributed by atoms with van der Waals surface area (Å²) in [5.74, 6) is 0. The fraction of sp³-hybridized carbons (Fsp3) is 0.353. The molecule has 6 nitrogen and oxygen atoms in total. The molecule has 0 aliphatic carbocycles. The summed E-state index contributed by atoms with van der Waals surface area (Å²) in [5, 5.41) is 12.1. The van der Waals surface area contributed by atoms with Crippen LogP contribution in [0.3, 0.4) is 0 Å². The standard InChI is InChI=1S/C17H22N4O2/c1-3-13-14(16(22)21-20-15(13)4-2)11-19-17(23)18-10-12-8-6-5-7-9-12/h5-9H,3-4,10-11H2,1-2H3,(H,21,22)(H2,18,19,23). The summed E-state index contributed by atoms with van der Waals surface area (Å²) in [6.45, 7) is 4.60. The quantitative estimate of drug-likeness (QED) is 0.761. The van der Waals surface area contributed by atoms with Crippen LogP contribution in [0.5, 0.6) is 0 Å². The molecule has 0 saturated carbocycles. The molecule has 2 amide bonds. The molecule has 0 saturated heterocycles. The van der Waals surface area contributed by atoms with Crippen molar-refractivity contribution in [2.45, 2.75) is 39.8 Å². The number of aromatic amines is 1. The van der Waals surface area contributed by atoms with Crippen LogP contribution in [0.25, 0.3) is 0 Å². The van der Waals surface area contributed by atoms with Gasteiger partial charge in [0.2, 0.25) is 0 Å². The number of carbonyl (C=O) groups excluding carboxylic acids is 1. The Morgan fingerprint density at radius 1 is 1.04 bits per heavy atom. The van der Waals surface area contributed by atoms with Gasteiger partial charge in [-0.25, -0.2) is 9.89 Å². The number of benzene rings is 1. The molecule has 2 aromatic rings. The molecule has 0 atom stereocenters. The number of nitrogens with one attached hydrogen (secondary N) is 3. The number of H-pyrrole nitrogens is 1. The van der Waals surface area contributed by atoms with E-state index in [4.69, 9.17) is 0 Å². The van der Waals surface area contributed by atoms with Gasteiger partial charge in [0.1, 0.15) is 0 Å². The van der Waals surface area contributed by atoms with Gasteiger partial charge < -0.3 is 10.6 Å². The molecule has 2 rings (SSSR count). The number of carbonyl (C=O) groups is 1. The Labute approximate surface area is 135 Å². The zero-order valence-electron chi connectivity index (χ0n) is 13.5. The normalized spacial score (nSPS) is 10.3. The van der Waals surface area contributed by atoms with Crippen LogP contribution in [0.1, 0.15) is 36.2 Å². The second-order valence-corrected chi connectivity index (χ2v) is 5.19. The van der Waals surface area contributed by atoms with Gasteiger partial charge in [-0.1, -0.05) is 44.2 Å². The second-order valence-electron chi connectivity index (χ2n) is 5.19. The highest BCUT2D eigenvalue weighted by atomic mass is 16.2. The third-order valence-corrected chi connectivity index (χ3v) is 3.69. The first-order valence-corrected chi connectivity index (χ1v) is 7.80. The van der Waals surface area contributed by atoms with Crippen LogP contribution in [0.15, 0.2) is 35.1 Å². The van der Waals surface area contributed by atoms with Crippen molar-refractivity contribution in [1.82, 2.24) is 20.8 Å². The molecule has 0 spiro atoms. The molecule has 0 fully saturated rings. The number of aryl methyl sites for hydroxylation is 1. The van der Waals surface area contributed by atoms with E-state index in [2.05, 4.69) is 20.8 Å². The first kappa shape index (κ1) is 16.7. The first-order valence-electron chi connectivity index (χ1n) is 7.80. The fourth-order valence-corrected chi connectivity index (χ4v) is 2.47. The van der Waals surface area contributed by atoms with Crippen molar-refractivity contribution >= 4 is 6.03 Å². The average Bonchev–Trinajstić information content (AvgIpc) is 2.59. The molecular weight excluding hydrogens is 292 g/mol. The summed E-state index contributed by atoms with van der Waals surface area (Å²) in [6, 6.07) is 9.35. The Morgan fingerprint density at radius 2 is 1.74 bits per heavy atom. The molecule has 0 aliphatic rings. The maximum Gasteiger partial charge on any atom is 0.315 e. The zero-order chi connectivity index (χ0) is 16.7. The van der Waals surface area contributed by atoms with Crippen LogP contribution in [-0.4, -0.2) is 16.2 Å². The van der Waals surface area contributed by atoms with E-state index in [1.807, 2.05) is 44.2 Å². The predicted octanol–water partition coefficient (Wildman–Crippen LogP) is 1.89. The molecule has 1 aromatic carbocycles. The van der Waals surface area contributed by atoms with Gasteiger partial charge in [-0.3, -0.25) is 4.79 Å². The highest BCUT2D eigenvalue weighted by Gasteiger charge is 2.12. The van der Waals surface area contributed by atoms with Crippen molar-refractivity contribution < 1.29 is 4.79 Å². The molecule has 23 heavy (non-hydrogen) atoms. The minimum absolute atomic E-state index is 0.189. The van der Waals surface area contributed by atoms with Crippen LogP contribution in [0, 0.1) is 0 Å². The second kappa shape index (κ2) is 8.12. The van der Waals surface area contributed by atoms with Gasteiger partial charge in [-0.15, -0.1) is 0 Å². The molecule has 1 aromatic heterocycles. The SMILES string of the molecule is CCc1n[nH]c(=O)c(CNC(=O)NCc2ccccc2)c1CC. The van der Waals surface area contributed by atoms with Crippen molar-refractivity contribution in [2.75, 3.05) is 0 Å². The molecule has 0 bridgehead atoms. The van der Waals surface area contributed by atoms with Crippen molar-refractivity contribution in [3.8, 4) is 0 Å². The molecular formula is C17H22N4O2. The van der Waals surface area contributed by atoms with Crippen LogP contribution in [-0.2, 0) is 25.9 Å². The van der Waals surface area contributed by atoms with Crippen LogP contribution < -0.4 is 16.2 Å². The Morgan fingerprint density at radius 3 is 2.39 bits per heavy atom. The van der Waals surface area contributed by atoms with E-state index >= 15 is 0 Å². The van der Waals surface area contributed by atoms with E-state index in [1.165, 1.54) is 0 Å². The molecule has 1 heterocycles. The molecule has 0 unspecified atom stereocenters. The Balaban J connectivity index is 1.98. The van der Waals surface area contributed by atoms with Crippen molar-refractivity contribution in [3.05, 3.63) is 63.1 Å². The molecule has 6 heteroatoms. The van der Waals surface area contributed by atoms with E-state index in [0.717, 1.165) is 23.2 Å². The topological polar surface area (TPSA) is 86.9 Å². The predicted molar refractivity (Wildman–Crippen MR) is 89.1 cm³/mol.